The Hall–Kier alpha value is -4.06. The summed E-state index contributed by atoms with van der Waals surface area (Å²) in [6.07, 6.45) is 0.628. The predicted molar refractivity (Wildman–Crippen MR) is 118 cm³/mol. The minimum Gasteiger partial charge on any atom is -0.274 e. The number of hydrogen-bond acceptors (Lipinski definition) is 4. The molecule has 1 aromatic heterocycles. The SMILES string of the molecule is O=C1CC(c2ccccc2)C(=O)N1c1cccc(Cc2n[nH]c(=O)c3ccccc23)c1. The van der Waals surface area contributed by atoms with Gasteiger partial charge in [-0.2, -0.15) is 5.10 Å². The number of carbonyl (C=O) groups is 2. The molecule has 0 bridgehead atoms. The molecule has 1 N–H and O–H groups in total. The van der Waals surface area contributed by atoms with Crippen molar-refractivity contribution in [2.45, 2.75) is 18.8 Å². The highest BCUT2D eigenvalue weighted by Gasteiger charge is 2.40. The molecule has 0 spiro atoms. The number of rotatable bonds is 4. The Labute approximate surface area is 178 Å². The van der Waals surface area contributed by atoms with Gasteiger partial charge >= 0.3 is 0 Å². The van der Waals surface area contributed by atoms with Crippen molar-refractivity contribution in [3.8, 4) is 0 Å². The van der Waals surface area contributed by atoms with E-state index >= 15 is 0 Å². The highest BCUT2D eigenvalue weighted by Crippen LogP contribution is 2.33. The molecule has 31 heavy (non-hydrogen) atoms. The van der Waals surface area contributed by atoms with Gasteiger partial charge in [-0.3, -0.25) is 14.4 Å². The number of amides is 2. The highest BCUT2D eigenvalue weighted by molar-refractivity contribution is 6.22. The molecule has 4 aromatic rings. The van der Waals surface area contributed by atoms with Crippen molar-refractivity contribution in [1.29, 1.82) is 0 Å². The summed E-state index contributed by atoms with van der Waals surface area (Å²) in [6.45, 7) is 0. The van der Waals surface area contributed by atoms with Crippen molar-refractivity contribution in [2.24, 2.45) is 0 Å². The third-order valence-corrected chi connectivity index (χ3v) is 5.66. The molecule has 1 saturated heterocycles. The van der Waals surface area contributed by atoms with E-state index in [0.717, 1.165) is 22.2 Å². The number of aromatic nitrogens is 2. The largest absolute Gasteiger partial charge is 0.274 e. The first-order chi connectivity index (χ1) is 15.1. The molecule has 6 nitrogen and oxygen atoms in total. The highest BCUT2D eigenvalue weighted by atomic mass is 16.2. The topological polar surface area (TPSA) is 83.1 Å². The first-order valence-electron chi connectivity index (χ1n) is 10.1. The summed E-state index contributed by atoms with van der Waals surface area (Å²) in [4.78, 5) is 39.1. The van der Waals surface area contributed by atoms with Gasteiger partial charge in [0.2, 0.25) is 11.8 Å². The fourth-order valence-corrected chi connectivity index (χ4v) is 4.15. The second-order valence-corrected chi connectivity index (χ2v) is 7.63. The summed E-state index contributed by atoms with van der Waals surface area (Å²) in [5, 5.41) is 8.14. The Morgan fingerprint density at radius 3 is 2.42 bits per heavy atom. The molecular formula is C25H19N3O3. The Morgan fingerprint density at radius 2 is 1.61 bits per heavy atom. The molecule has 0 saturated carbocycles. The molecule has 0 aliphatic carbocycles. The summed E-state index contributed by atoms with van der Waals surface area (Å²) in [5.74, 6) is -0.869. The van der Waals surface area contributed by atoms with Gasteiger partial charge in [-0.15, -0.1) is 0 Å². The van der Waals surface area contributed by atoms with Crippen molar-refractivity contribution >= 4 is 28.3 Å². The molecule has 2 heterocycles. The van der Waals surface area contributed by atoms with Crippen LogP contribution in [-0.4, -0.2) is 22.0 Å². The fourth-order valence-electron chi connectivity index (χ4n) is 4.15. The maximum atomic E-state index is 13.1. The molecule has 6 heteroatoms. The van der Waals surface area contributed by atoms with Gasteiger partial charge in [0.05, 0.1) is 22.7 Å². The second kappa shape index (κ2) is 7.65. The van der Waals surface area contributed by atoms with E-state index in [1.165, 1.54) is 4.90 Å². The average Bonchev–Trinajstić information content (AvgIpc) is 3.10. The zero-order chi connectivity index (χ0) is 21.4. The number of fused-ring (bicyclic) bond motifs is 1. The maximum Gasteiger partial charge on any atom is 0.272 e. The molecule has 1 aliphatic rings. The molecule has 1 fully saturated rings. The van der Waals surface area contributed by atoms with E-state index in [0.29, 0.717) is 17.5 Å². The summed E-state index contributed by atoms with van der Waals surface area (Å²) in [5.41, 5.74) is 2.80. The molecule has 1 aliphatic heterocycles. The van der Waals surface area contributed by atoms with Crippen molar-refractivity contribution in [3.05, 3.63) is 106 Å². The number of hydrogen-bond donors (Lipinski definition) is 1. The molecule has 1 unspecified atom stereocenters. The van der Waals surface area contributed by atoms with Crippen LogP contribution in [0, 0.1) is 0 Å². The Morgan fingerprint density at radius 1 is 0.871 bits per heavy atom. The van der Waals surface area contributed by atoms with Crippen LogP contribution in [0.5, 0.6) is 0 Å². The third kappa shape index (κ3) is 3.42. The summed E-state index contributed by atoms with van der Waals surface area (Å²) in [6, 6.07) is 24.1. The maximum absolute atomic E-state index is 13.1. The van der Waals surface area contributed by atoms with Gasteiger partial charge in [0.15, 0.2) is 0 Å². The third-order valence-electron chi connectivity index (χ3n) is 5.66. The monoisotopic (exact) mass is 409 g/mol. The zero-order valence-electron chi connectivity index (χ0n) is 16.6. The summed E-state index contributed by atoms with van der Waals surface area (Å²) in [7, 11) is 0. The first-order valence-corrected chi connectivity index (χ1v) is 10.1. The molecule has 152 valence electrons. The minimum absolute atomic E-state index is 0.166. The normalized spacial score (nSPS) is 16.3. The quantitative estimate of drug-likeness (QED) is 0.523. The molecular weight excluding hydrogens is 390 g/mol. The molecule has 5 rings (SSSR count). The molecule has 0 radical (unpaired) electrons. The van der Waals surface area contributed by atoms with Crippen LogP contribution < -0.4 is 10.5 Å². The predicted octanol–water partition coefficient (Wildman–Crippen LogP) is 3.56. The van der Waals surface area contributed by atoms with Gasteiger partial charge in [-0.05, 0) is 29.3 Å². The number of nitrogens with one attached hydrogen (secondary N) is 1. The molecule has 3 aromatic carbocycles. The number of nitrogens with zero attached hydrogens (tertiary/aromatic N) is 2. The van der Waals surface area contributed by atoms with Crippen LogP contribution in [0.4, 0.5) is 5.69 Å². The number of benzene rings is 3. The van der Waals surface area contributed by atoms with Gasteiger partial charge in [0, 0.05) is 18.2 Å². The number of carbonyl (C=O) groups excluding carboxylic acids is 2. The number of imide groups is 1. The van der Waals surface area contributed by atoms with Crippen molar-refractivity contribution in [3.63, 3.8) is 0 Å². The number of aromatic amines is 1. The van der Waals surface area contributed by atoms with E-state index in [9.17, 15) is 14.4 Å². The van der Waals surface area contributed by atoms with E-state index in [-0.39, 0.29) is 23.8 Å². The summed E-state index contributed by atoms with van der Waals surface area (Å²) < 4.78 is 0. The van der Waals surface area contributed by atoms with Gasteiger partial charge in [0.1, 0.15) is 0 Å². The molecule has 2 amide bonds. The van der Waals surface area contributed by atoms with Crippen molar-refractivity contribution in [1.82, 2.24) is 10.2 Å². The first kappa shape index (κ1) is 18.9. The number of H-pyrrole nitrogens is 1. The lowest BCUT2D eigenvalue weighted by Gasteiger charge is -2.16. The van der Waals surface area contributed by atoms with E-state index in [1.54, 1.807) is 12.1 Å². The standard InChI is InChI=1S/C25H19N3O3/c29-23-15-21(17-8-2-1-3-9-17)25(31)28(23)18-10-6-7-16(13-18)14-22-19-11-4-5-12-20(19)24(30)27-26-22/h1-13,21H,14-15H2,(H,27,30). The van der Waals surface area contributed by atoms with Crippen molar-refractivity contribution in [2.75, 3.05) is 4.90 Å². The van der Waals surface area contributed by atoms with E-state index < -0.39 is 5.92 Å². The van der Waals surface area contributed by atoms with Crippen LogP contribution in [0.25, 0.3) is 10.8 Å². The van der Waals surface area contributed by atoms with Crippen LogP contribution in [0.2, 0.25) is 0 Å². The van der Waals surface area contributed by atoms with E-state index in [1.807, 2.05) is 66.7 Å². The zero-order valence-corrected chi connectivity index (χ0v) is 16.6. The second-order valence-electron chi connectivity index (χ2n) is 7.63. The van der Waals surface area contributed by atoms with E-state index in [2.05, 4.69) is 10.2 Å². The number of anilines is 1. The van der Waals surface area contributed by atoms with Crippen LogP contribution in [-0.2, 0) is 16.0 Å². The van der Waals surface area contributed by atoms with Crippen LogP contribution in [0.15, 0.2) is 83.7 Å². The van der Waals surface area contributed by atoms with Crippen LogP contribution in [0.1, 0.15) is 29.2 Å². The van der Waals surface area contributed by atoms with Gasteiger partial charge in [-0.25, -0.2) is 10.00 Å². The lowest BCUT2D eigenvalue weighted by molar-refractivity contribution is -0.121. The Bertz CT molecular complexity index is 1360. The Kier molecular flexibility index (Phi) is 4.67. The van der Waals surface area contributed by atoms with Gasteiger partial charge in [-0.1, -0.05) is 60.7 Å². The van der Waals surface area contributed by atoms with Crippen LogP contribution >= 0.6 is 0 Å². The van der Waals surface area contributed by atoms with Gasteiger partial charge in [0.25, 0.3) is 5.56 Å². The van der Waals surface area contributed by atoms with Gasteiger partial charge < -0.3 is 0 Å². The smallest absolute Gasteiger partial charge is 0.272 e. The van der Waals surface area contributed by atoms with E-state index in [4.69, 9.17) is 0 Å². The van der Waals surface area contributed by atoms with Crippen LogP contribution in [0.3, 0.4) is 0 Å². The summed E-state index contributed by atoms with van der Waals surface area (Å²) >= 11 is 0. The molecule has 1 atom stereocenters. The fraction of sp³-hybridized carbons (Fsp3) is 0.120. The lowest BCUT2D eigenvalue weighted by atomic mass is 9.98. The lowest BCUT2D eigenvalue weighted by Crippen LogP contribution is -2.30. The average molecular weight is 409 g/mol. The van der Waals surface area contributed by atoms with Crippen molar-refractivity contribution < 1.29 is 9.59 Å². The Balaban J connectivity index is 1.46. The minimum atomic E-state index is -0.456.